The molecule has 1 rings (SSSR count). The summed E-state index contributed by atoms with van der Waals surface area (Å²) in [5.41, 5.74) is -0.773. The maximum Gasteiger partial charge on any atom is 0.339 e. The van der Waals surface area contributed by atoms with Gasteiger partial charge in [-0.05, 0) is 55.3 Å². The molecule has 0 spiro atoms. The normalized spacial score (nSPS) is 12.8. The SMILES string of the molecule is C[C@@H](NCc1ccc(Br)c(F)c1C(=O)O)C(=O)OC(C)(C)C. The Bertz CT molecular complexity index is 584. The van der Waals surface area contributed by atoms with E-state index in [1.165, 1.54) is 12.1 Å². The van der Waals surface area contributed by atoms with Crippen molar-refractivity contribution in [2.45, 2.75) is 45.9 Å². The summed E-state index contributed by atoms with van der Waals surface area (Å²) in [5.74, 6) is -2.65. The zero-order valence-electron chi connectivity index (χ0n) is 12.9. The fraction of sp³-hybridized carbons (Fsp3) is 0.467. The van der Waals surface area contributed by atoms with Gasteiger partial charge in [-0.3, -0.25) is 4.79 Å². The molecule has 1 aromatic carbocycles. The molecule has 7 heteroatoms. The highest BCUT2D eigenvalue weighted by atomic mass is 79.9. The van der Waals surface area contributed by atoms with Gasteiger partial charge in [0.2, 0.25) is 0 Å². The Hall–Kier alpha value is -1.47. The molecule has 1 atom stereocenters. The molecular formula is C15H19BrFNO4. The lowest BCUT2D eigenvalue weighted by Gasteiger charge is -2.23. The first kappa shape index (κ1) is 18.6. The standard InChI is InChI=1S/C15H19BrFNO4/c1-8(14(21)22-15(2,3)4)18-7-9-5-6-10(16)12(17)11(9)13(19)20/h5-6,8,18H,7H2,1-4H3,(H,19,20)/t8-/m1/s1. The first-order valence-electron chi connectivity index (χ1n) is 6.69. The van der Waals surface area contributed by atoms with Gasteiger partial charge in [-0.1, -0.05) is 6.07 Å². The molecule has 0 saturated carbocycles. The molecule has 0 radical (unpaired) electrons. The second kappa shape index (κ2) is 7.19. The minimum atomic E-state index is -1.36. The first-order chi connectivity index (χ1) is 10.0. The van der Waals surface area contributed by atoms with Crippen LogP contribution in [0.15, 0.2) is 16.6 Å². The zero-order chi connectivity index (χ0) is 17.1. The molecule has 2 N–H and O–H groups in total. The van der Waals surface area contributed by atoms with Crippen molar-refractivity contribution in [2.75, 3.05) is 0 Å². The molecule has 0 fully saturated rings. The Morgan fingerprint density at radius 3 is 2.50 bits per heavy atom. The molecule has 0 aliphatic carbocycles. The van der Waals surface area contributed by atoms with E-state index in [0.717, 1.165) is 0 Å². The quantitative estimate of drug-likeness (QED) is 0.773. The number of aromatic carboxylic acids is 1. The van der Waals surface area contributed by atoms with Crippen LogP contribution in [0.3, 0.4) is 0 Å². The third-order valence-electron chi connectivity index (χ3n) is 2.75. The Balaban J connectivity index is 2.83. The summed E-state index contributed by atoms with van der Waals surface area (Å²) in [6.45, 7) is 6.90. The number of hydrogen-bond donors (Lipinski definition) is 2. The minimum Gasteiger partial charge on any atom is -0.478 e. The topological polar surface area (TPSA) is 75.6 Å². The van der Waals surface area contributed by atoms with Gasteiger partial charge in [0.1, 0.15) is 17.2 Å². The Morgan fingerprint density at radius 2 is 2.00 bits per heavy atom. The van der Waals surface area contributed by atoms with Gasteiger partial charge in [-0.15, -0.1) is 0 Å². The molecule has 0 unspecified atom stereocenters. The van der Waals surface area contributed by atoms with E-state index in [4.69, 9.17) is 9.84 Å². The van der Waals surface area contributed by atoms with Crippen LogP contribution in [-0.2, 0) is 16.1 Å². The maximum atomic E-state index is 13.9. The molecule has 0 heterocycles. The number of rotatable bonds is 5. The highest BCUT2D eigenvalue weighted by molar-refractivity contribution is 9.10. The van der Waals surface area contributed by atoms with Crippen molar-refractivity contribution in [2.24, 2.45) is 0 Å². The summed E-state index contributed by atoms with van der Waals surface area (Å²) in [6, 6.07) is 2.27. The summed E-state index contributed by atoms with van der Waals surface area (Å²) >= 11 is 2.95. The highest BCUT2D eigenvalue weighted by Gasteiger charge is 2.23. The van der Waals surface area contributed by atoms with Gasteiger partial charge < -0.3 is 15.2 Å². The Kier molecular flexibility index (Phi) is 6.08. The number of hydrogen-bond acceptors (Lipinski definition) is 4. The van der Waals surface area contributed by atoms with Crippen molar-refractivity contribution >= 4 is 27.9 Å². The van der Waals surface area contributed by atoms with Gasteiger partial charge >= 0.3 is 11.9 Å². The average Bonchev–Trinajstić information content (AvgIpc) is 2.37. The number of nitrogens with one attached hydrogen (secondary N) is 1. The van der Waals surface area contributed by atoms with Crippen LogP contribution in [0.4, 0.5) is 4.39 Å². The number of carboxylic acids is 1. The summed E-state index contributed by atoms with van der Waals surface area (Å²) in [4.78, 5) is 23.0. The number of carbonyl (C=O) groups excluding carboxylic acids is 1. The summed E-state index contributed by atoms with van der Waals surface area (Å²) in [6.07, 6.45) is 0. The molecule has 0 aliphatic rings. The number of ether oxygens (including phenoxy) is 1. The van der Waals surface area contributed by atoms with Crippen LogP contribution in [-0.4, -0.2) is 28.7 Å². The monoisotopic (exact) mass is 375 g/mol. The van der Waals surface area contributed by atoms with E-state index in [1.54, 1.807) is 27.7 Å². The van der Waals surface area contributed by atoms with Crippen LogP contribution in [0.5, 0.6) is 0 Å². The fourth-order valence-corrected chi connectivity index (χ4v) is 2.04. The van der Waals surface area contributed by atoms with Crippen molar-refractivity contribution in [1.29, 1.82) is 0 Å². The van der Waals surface area contributed by atoms with Crippen molar-refractivity contribution < 1.29 is 23.8 Å². The van der Waals surface area contributed by atoms with Gasteiger partial charge in [0, 0.05) is 6.54 Å². The Labute approximate surface area is 137 Å². The highest BCUT2D eigenvalue weighted by Crippen LogP contribution is 2.22. The second-order valence-electron chi connectivity index (χ2n) is 5.84. The third kappa shape index (κ3) is 5.06. The van der Waals surface area contributed by atoms with Gasteiger partial charge in [0.25, 0.3) is 0 Å². The van der Waals surface area contributed by atoms with E-state index in [-0.39, 0.29) is 16.6 Å². The van der Waals surface area contributed by atoms with E-state index in [9.17, 15) is 14.0 Å². The molecular weight excluding hydrogens is 357 g/mol. The predicted molar refractivity (Wildman–Crippen MR) is 83.2 cm³/mol. The van der Waals surface area contributed by atoms with Crippen LogP contribution in [0.1, 0.15) is 43.6 Å². The molecule has 0 aliphatic heterocycles. The van der Waals surface area contributed by atoms with Crippen LogP contribution in [0, 0.1) is 5.82 Å². The summed E-state index contributed by atoms with van der Waals surface area (Å²) in [7, 11) is 0. The van der Waals surface area contributed by atoms with Crippen molar-refractivity contribution in [3.05, 3.63) is 33.5 Å². The lowest BCUT2D eigenvalue weighted by Crippen LogP contribution is -2.39. The summed E-state index contributed by atoms with van der Waals surface area (Å²) in [5, 5.41) is 12.0. The van der Waals surface area contributed by atoms with Crippen molar-refractivity contribution in [3.63, 3.8) is 0 Å². The van der Waals surface area contributed by atoms with Crippen molar-refractivity contribution in [3.8, 4) is 0 Å². The van der Waals surface area contributed by atoms with Crippen LogP contribution < -0.4 is 5.32 Å². The Morgan fingerprint density at radius 1 is 1.41 bits per heavy atom. The molecule has 0 saturated heterocycles. The minimum absolute atomic E-state index is 0.0340. The van der Waals surface area contributed by atoms with Crippen LogP contribution in [0.2, 0.25) is 0 Å². The van der Waals surface area contributed by atoms with Gasteiger partial charge in [-0.2, -0.15) is 0 Å². The molecule has 122 valence electrons. The van der Waals surface area contributed by atoms with E-state index >= 15 is 0 Å². The van der Waals surface area contributed by atoms with E-state index in [2.05, 4.69) is 21.2 Å². The van der Waals surface area contributed by atoms with E-state index in [1.807, 2.05) is 0 Å². The van der Waals surface area contributed by atoms with Gasteiger partial charge in [0.15, 0.2) is 5.82 Å². The molecule has 5 nitrogen and oxygen atoms in total. The predicted octanol–water partition coefficient (Wildman–Crippen LogP) is 3.11. The average molecular weight is 376 g/mol. The molecule has 22 heavy (non-hydrogen) atoms. The van der Waals surface area contributed by atoms with Crippen LogP contribution in [0.25, 0.3) is 0 Å². The third-order valence-corrected chi connectivity index (χ3v) is 3.37. The van der Waals surface area contributed by atoms with E-state index < -0.39 is 35.0 Å². The lowest BCUT2D eigenvalue weighted by atomic mass is 10.1. The number of halogens is 2. The lowest BCUT2D eigenvalue weighted by molar-refractivity contribution is -0.157. The number of benzene rings is 1. The van der Waals surface area contributed by atoms with Crippen LogP contribution >= 0.6 is 15.9 Å². The van der Waals surface area contributed by atoms with E-state index in [0.29, 0.717) is 0 Å². The number of carbonyl (C=O) groups is 2. The number of esters is 1. The smallest absolute Gasteiger partial charge is 0.339 e. The molecule has 0 bridgehead atoms. The maximum absolute atomic E-state index is 13.9. The zero-order valence-corrected chi connectivity index (χ0v) is 14.5. The second-order valence-corrected chi connectivity index (χ2v) is 6.69. The fourth-order valence-electron chi connectivity index (χ4n) is 1.71. The molecule has 1 aromatic rings. The summed E-state index contributed by atoms with van der Waals surface area (Å²) < 4.78 is 19.2. The molecule has 0 aromatic heterocycles. The largest absolute Gasteiger partial charge is 0.478 e. The molecule has 0 amide bonds. The number of carboxylic acid groups (broad SMARTS) is 1. The van der Waals surface area contributed by atoms with Gasteiger partial charge in [0.05, 0.1) is 4.47 Å². The first-order valence-corrected chi connectivity index (χ1v) is 7.48. The van der Waals surface area contributed by atoms with Crippen molar-refractivity contribution in [1.82, 2.24) is 5.32 Å². The van der Waals surface area contributed by atoms with Gasteiger partial charge in [-0.25, -0.2) is 9.18 Å².